The summed E-state index contributed by atoms with van der Waals surface area (Å²) in [6, 6.07) is 12.1. The van der Waals surface area contributed by atoms with E-state index in [1.807, 2.05) is 24.3 Å². The lowest BCUT2D eigenvalue weighted by molar-refractivity contribution is 0.534. The summed E-state index contributed by atoms with van der Waals surface area (Å²) < 4.78 is 5.95. The minimum atomic E-state index is 0.543. The zero-order chi connectivity index (χ0) is 17.6. The summed E-state index contributed by atoms with van der Waals surface area (Å²) in [5.41, 5.74) is 4.22. The number of aliphatic imine (C=N–C) groups is 1. The second-order valence-corrected chi connectivity index (χ2v) is 5.96. The number of benzene rings is 1. The van der Waals surface area contributed by atoms with Crippen molar-refractivity contribution in [1.82, 2.24) is 15.6 Å². The van der Waals surface area contributed by atoms with Gasteiger partial charge < -0.3 is 15.1 Å². The molecule has 3 rings (SSSR count). The molecule has 0 amide bonds. The number of aryl methyl sites for hydroxylation is 2. The Bertz CT molecular complexity index is 882. The molecule has 0 aliphatic rings. The van der Waals surface area contributed by atoms with E-state index in [0.717, 1.165) is 40.5 Å². The van der Waals surface area contributed by atoms with Gasteiger partial charge in [-0.15, -0.1) is 0 Å². The fourth-order valence-corrected chi connectivity index (χ4v) is 2.74. The number of nitrogens with zero attached hydrogens (tertiary/aromatic N) is 2. The highest BCUT2D eigenvalue weighted by molar-refractivity contribution is 5.83. The van der Waals surface area contributed by atoms with E-state index < -0.39 is 0 Å². The maximum atomic E-state index is 5.95. The van der Waals surface area contributed by atoms with Gasteiger partial charge in [-0.3, -0.25) is 4.98 Å². The van der Waals surface area contributed by atoms with Crippen LogP contribution in [-0.2, 0) is 13.1 Å². The first-order valence-corrected chi connectivity index (χ1v) is 8.58. The molecule has 0 radical (unpaired) electrons. The summed E-state index contributed by atoms with van der Waals surface area (Å²) in [7, 11) is 0. The topological polar surface area (TPSA) is 62.5 Å². The van der Waals surface area contributed by atoms with Crippen LogP contribution in [0.3, 0.4) is 0 Å². The summed E-state index contributed by atoms with van der Waals surface area (Å²) in [6.07, 6.45) is 1.80. The van der Waals surface area contributed by atoms with E-state index in [-0.39, 0.29) is 0 Å². The van der Waals surface area contributed by atoms with Crippen LogP contribution >= 0.6 is 0 Å². The van der Waals surface area contributed by atoms with Gasteiger partial charge >= 0.3 is 0 Å². The fraction of sp³-hybridized carbons (Fsp3) is 0.300. The summed E-state index contributed by atoms with van der Waals surface area (Å²) in [6.45, 7) is 8.12. The van der Waals surface area contributed by atoms with Crippen LogP contribution in [0.2, 0.25) is 0 Å². The van der Waals surface area contributed by atoms with Crippen LogP contribution in [0.15, 0.2) is 52.0 Å². The zero-order valence-corrected chi connectivity index (χ0v) is 15.0. The molecule has 2 aromatic heterocycles. The molecular formula is C20H24N4O. The van der Waals surface area contributed by atoms with Crippen molar-refractivity contribution in [2.24, 2.45) is 4.99 Å². The first kappa shape index (κ1) is 17.0. The minimum Gasteiger partial charge on any atom is -0.459 e. The lowest BCUT2D eigenvalue weighted by Crippen LogP contribution is -2.36. The van der Waals surface area contributed by atoms with Gasteiger partial charge in [-0.05, 0) is 38.5 Å². The average Bonchev–Trinajstić information content (AvgIpc) is 2.95. The summed E-state index contributed by atoms with van der Waals surface area (Å²) in [5, 5.41) is 7.77. The standard InChI is InChI=1S/C20H24N4O/c1-4-21-20(23-12-17-14(2)8-7-11-22-17)24-13-19-15(3)16-9-5-6-10-18(16)25-19/h5-11H,4,12-13H2,1-3H3,(H2,21,23,24). The molecule has 0 saturated carbocycles. The van der Waals surface area contributed by atoms with Crippen molar-refractivity contribution in [1.29, 1.82) is 0 Å². The van der Waals surface area contributed by atoms with Crippen molar-refractivity contribution in [3.8, 4) is 0 Å². The Kier molecular flexibility index (Phi) is 5.33. The van der Waals surface area contributed by atoms with Gasteiger partial charge in [-0.25, -0.2) is 4.99 Å². The van der Waals surface area contributed by atoms with Gasteiger partial charge in [0, 0.05) is 23.7 Å². The maximum absolute atomic E-state index is 5.95. The zero-order valence-electron chi connectivity index (χ0n) is 15.0. The van der Waals surface area contributed by atoms with Crippen molar-refractivity contribution in [3.05, 3.63) is 65.2 Å². The molecular weight excluding hydrogens is 312 g/mol. The number of fused-ring (bicyclic) bond motifs is 1. The van der Waals surface area contributed by atoms with Crippen molar-refractivity contribution in [2.75, 3.05) is 6.54 Å². The van der Waals surface area contributed by atoms with Crippen LogP contribution in [-0.4, -0.2) is 17.5 Å². The Morgan fingerprint density at radius 2 is 1.96 bits per heavy atom. The number of furan rings is 1. The Morgan fingerprint density at radius 1 is 1.12 bits per heavy atom. The monoisotopic (exact) mass is 336 g/mol. The molecule has 0 atom stereocenters. The second kappa shape index (κ2) is 7.83. The van der Waals surface area contributed by atoms with E-state index >= 15 is 0 Å². The molecule has 0 unspecified atom stereocenters. The van der Waals surface area contributed by atoms with Crippen LogP contribution < -0.4 is 10.6 Å². The SMILES string of the molecule is CCNC(=NCc1ncccc1C)NCc1oc2ccccc2c1C. The summed E-state index contributed by atoms with van der Waals surface area (Å²) in [4.78, 5) is 9.02. The van der Waals surface area contributed by atoms with Crippen molar-refractivity contribution in [3.63, 3.8) is 0 Å². The predicted octanol–water partition coefficient (Wildman–Crippen LogP) is 3.70. The predicted molar refractivity (Wildman–Crippen MR) is 102 cm³/mol. The van der Waals surface area contributed by atoms with Crippen LogP contribution in [0.1, 0.15) is 29.5 Å². The van der Waals surface area contributed by atoms with Gasteiger partial charge in [0.15, 0.2) is 5.96 Å². The van der Waals surface area contributed by atoms with Gasteiger partial charge in [-0.1, -0.05) is 24.3 Å². The molecule has 2 heterocycles. The second-order valence-electron chi connectivity index (χ2n) is 5.96. The highest BCUT2D eigenvalue weighted by atomic mass is 16.3. The third-order valence-corrected chi connectivity index (χ3v) is 4.21. The summed E-state index contributed by atoms with van der Waals surface area (Å²) >= 11 is 0. The Morgan fingerprint density at radius 3 is 2.72 bits per heavy atom. The molecule has 130 valence electrons. The van der Waals surface area contributed by atoms with Crippen LogP contribution in [0.4, 0.5) is 0 Å². The highest BCUT2D eigenvalue weighted by Crippen LogP contribution is 2.24. The van der Waals surface area contributed by atoms with E-state index in [2.05, 4.69) is 53.5 Å². The normalized spacial score (nSPS) is 11.7. The van der Waals surface area contributed by atoms with Gasteiger partial charge in [0.05, 0.1) is 18.8 Å². The van der Waals surface area contributed by atoms with Crippen molar-refractivity contribution >= 4 is 16.9 Å². The molecule has 0 aliphatic heterocycles. The number of rotatable bonds is 5. The van der Waals surface area contributed by atoms with E-state index in [0.29, 0.717) is 13.1 Å². The number of hydrogen-bond donors (Lipinski definition) is 2. The van der Waals surface area contributed by atoms with E-state index in [1.165, 1.54) is 5.56 Å². The summed E-state index contributed by atoms with van der Waals surface area (Å²) in [5.74, 6) is 1.69. The first-order valence-electron chi connectivity index (χ1n) is 8.58. The number of aromatic nitrogens is 1. The molecule has 0 aliphatic carbocycles. The van der Waals surface area contributed by atoms with Crippen LogP contribution in [0.5, 0.6) is 0 Å². The molecule has 0 fully saturated rings. The van der Waals surface area contributed by atoms with Crippen molar-refractivity contribution < 1.29 is 4.42 Å². The molecule has 5 nitrogen and oxygen atoms in total. The van der Waals surface area contributed by atoms with Crippen LogP contribution in [0.25, 0.3) is 11.0 Å². The van der Waals surface area contributed by atoms with E-state index in [1.54, 1.807) is 6.20 Å². The minimum absolute atomic E-state index is 0.543. The number of nitrogens with one attached hydrogen (secondary N) is 2. The molecule has 3 aromatic rings. The average molecular weight is 336 g/mol. The van der Waals surface area contributed by atoms with Gasteiger partial charge in [-0.2, -0.15) is 0 Å². The maximum Gasteiger partial charge on any atom is 0.192 e. The van der Waals surface area contributed by atoms with E-state index in [4.69, 9.17) is 4.42 Å². The van der Waals surface area contributed by atoms with Crippen LogP contribution in [0, 0.1) is 13.8 Å². The third-order valence-electron chi connectivity index (χ3n) is 4.21. The Hall–Kier alpha value is -2.82. The highest BCUT2D eigenvalue weighted by Gasteiger charge is 2.10. The third kappa shape index (κ3) is 3.99. The number of pyridine rings is 1. The lowest BCUT2D eigenvalue weighted by Gasteiger charge is -2.11. The molecule has 25 heavy (non-hydrogen) atoms. The number of hydrogen-bond acceptors (Lipinski definition) is 3. The Labute approximate surface area is 148 Å². The molecule has 5 heteroatoms. The van der Waals surface area contributed by atoms with E-state index in [9.17, 15) is 0 Å². The first-order chi connectivity index (χ1) is 12.2. The molecule has 0 spiro atoms. The fourth-order valence-electron chi connectivity index (χ4n) is 2.74. The largest absolute Gasteiger partial charge is 0.459 e. The van der Waals surface area contributed by atoms with Gasteiger partial charge in [0.2, 0.25) is 0 Å². The van der Waals surface area contributed by atoms with Gasteiger partial charge in [0.1, 0.15) is 11.3 Å². The smallest absolute Gasteiger partial charge is 0.192 e. The molecule has 1 aromatic carbocycles. The number of para-hydroxylation sites is 1. The quantitative estimate of drug-likeness (QED) is 0.551. The van der Waals surface area contributed by atoms with Crippen molar-refractivity contribution in [2.45, 2.75) is 33.9 Å². The van der Waals surface area contributed by atoms with Gasteiger partial charge in [0.25, 0.3) is 0 Å². The Balaban J connectivity index is 1.72. The lowest BCUT2D eigenvalue weighted by atomic mass is 10.1. The number of guanidine groups is 1. The molecule has 0 bridgehead atoms. The molecule has 0 saturated heterocycles. The molecule has 2 N–H and O–H groups in total.